The minimum Gasteiger partial charge on any atom is -0.335 e. The summed E-state index contributed by atoms with van der Waals surface area (Å²) < 4.78 is 2.24. The van der Waals surface area contributed by atoms with Crippen molar-refractivity contribution in [3.05, 3.63) is 18.2 Å². The quantitative estimate of drug-likeness (QED) is 0.765. The number of hydrogen-bond acceptors (Lipinski definition) is 2. The molecule has 1 saturated carbocycles. The molecule has 0 spiro atoms. The summed E-state index contributed by atoms with van der Waals surface area (Å²) in [5.74, 6) is 1.96. The third-order valence-corrected chi connectivity index (χ3v) is 3.32. The van der Waals surface area contributed by atoms with Crippen LogP contribution in [0.4, 0.5) is 0 Å². The fraction of sp³-hybridized carbons (Fsp3) is 0.769. The zero-order valence-corrected chi connectivity index (χ0v) is 10.4. The summed E-state index contributed by atoms with van der Waals surface area (Å²) in [5, 5.41) is 3.57. The van der Waals surface area contributed by atoms with Gasteiger partial charge in [0.05, 0.1) is 0 Å². The van der Waals surface area contributed by atoms with Crippen LogP contribution in [-0.4, -0.2) is 22.1 Å². The van der Waals surface area contributed by atoms with Crippen LogP contribution in [0.5, 0.6) is 0 Å². The van der Waals surface area contributed by atoms with E-state index in [1.54, 1.807) is 0 Å². The Bertz CT molecular complexity index is 315. The number of nitrogens with zero attached hydrogens (tertiary/aromatic N) is 2. The van der Waals surface area contributed by atoms with Crippen LogP contribution in [-0.2, 0) is 13.0 Å². The lowest BCUT2D eigenvalue weighted by molar-refractivity contribution is 0.478. The van der Waals surface area contributed by atoms with E-state index >= 15 is 0 Å². The van der Waals surface area contributed by atoms with Gasteiger partial charge in [0.2, 0.25) is 0 Å². The van der Waals surface area contributed by atoms with Crippen molar-refractivity contribution in [3.63, 3.8) is 0 Å². The number of aromatic nitrogens is 2. The van der Waals surface area contributed by atoms with E-state index < -0.39 is 0 Å². The van der Waals surface area contributed by atoms with Crippen molar-refractivity contribution < 1.29 is 0 Å². The van der Waals surface area contributed by atoms with Crippen LogP contribution in [0.25, 0.3) is 0 Å². The van der Waals surface area contributed by atoms with Gasteiger partial charge in [-0.3, -0.25) is 0 Å². The third-order valence-electron chi connectivity index (χ3n) is 3.32. The first-order valence-corrected chi connectivity index (χ1v) is 6.53. The molecule has 0 radical (unpaired) electrons. The Morgan fingerprint density at radius 2 is 2.38 bits per heavy atom. The van der Waals surface area contributed by atoms with Crippen molar-refractivity contribution in [1.29, 1.82) is 0 Å². The van der Waals surface area contributed by atoms with Gasteiger partial charge in [0.15, 0.2) is 0 Å². The maximum atomic E-state index is 4.43. The Kier molecular flexibility index (Phi) is 3.99. The van der Waals surface area contributed by atoms with Crippen molar-refractivity contribution in [2.75, 3.05) is 6.54 Å². The summed E-state index contributed by atoms with van der Waals surface area (Å²) in [6.45, 7) is 6.69. The summed E-state index contributed by atoms with van der Waals surface area (Å²) >= 11 is 0. The highest BCUT2D eigenvalue weighted by molar-refractivity contribution is 4.93. The third kappa shape index (κ3) is 3.34. The molecule has 1 aliphatic carbocycles. The zero-order chi connectivity index (χ0) is 11.4. The molecule has 0 amide bonds. The smallest absolute Gasteiger partial charge is 0.108 e. The van der Waals surface area contributed by atoms with Gasteiger partial charge in [-0.15, -0.1) is 0 Å². The van der Waals surface area contributed by atoms with Gasteiger partial charge in [0.25, 0.3) is 0 Å². The fourth-order valence-corrected chi connectivity index (χ4v) is 2.05. The molecule has 1 aliphatic rings. The maximum Gasteiger partial charge on any atom is 0.108 e. The van der Waals surface area contributed by atoms with Gasteiger partial charge in [-0.25, -0.2) is 4.98 Å². The molecule has 0 aromatic carbocycles. The fourth-order valence-electron chi connectivity index (χ4n) is 2.05. The number of hydrogen-bond donors (Lipinski definition) is 1. The summed E-state index contributed by atoms with van der Waals surface area (Å²) in [5.41, 5.74) is 0. The molecule has 1 atom stereocenters. The van der Waals surface area contributed by atoms with Crippen LogP contribution >= 0.6 is 0 Å². The van der Waals surface area contributed by atoms with Crippen molar-refractivity contribution in [2.24, 2.45) is 5.92 Å². The van der Waals surface area contributed by atoms with E-state index in [0.29, 0.717) is 0 Å². The zero-order valence-electron chi connectivity index (χ0n) is 10.4. The molecule has 3 nitrogen and oxygen atoms in total. The summed E-state index contributed by atoms with van der Waals surface area (Å²) in [6, 6.07) is 0.838. The van der Waals surface area contributed by atoms with Crippen LogP contribution in [0, 0.1) is 5.92 Å². The second kappa shape index (κ2) is 5.48. The minimum absolute atomic E-state index is 0.721. The molecule has 0 bridgehead atoms. The van der Waals surface area contributed by atoms with Gasteiger partial charge in [-0.2, -0.15) is 0 Å². The highest BCUT2D eigenvalue weighted by Gasteiger charge is 2.20. The molecule has 16 heavy (non-hydrogen) atoms. The highest BCUT2D eigenvalue weighted by atomic mass is 15.0. The van der Waals surface area contributed by atoms with E-state index in [1.165, 1.54) is 31.6 Å². The second-order valence-electron chi connectivity index (χ2n) is 4.96. The minimum atomic E-state index is 0.721. The summed E-state index contributed by atoms with van der Waals surface area (Å²) in [4.78, 5) is 4.43. The first-order chi connectivity index (χ1) is 7.79. The van der Waals surface area contributed by atoms with E-state index in [-0.39, 0.29) is 0 Å². The monoisotopic (exact) mass is 221 g/mol. The summed E-state index contributed by atoms with van der Waals surface area (Å²) in [6.07, 6.45) is 9.11. The average Bonchev–Trinajstić information content (AvgIpc) is 2.98. The molecular weight excluding hydrogens is 198 g/mol. The molecule has 1 aromatic heterocycles. The van der Waals surface area contributed by atoms with Gasteiger partial charge >= 0.3 is 0 Å². The summed E-state index contributed by atoms with van der Waals surface area (Å²) in [7, 11) is 0. The molecule has 1 unspecified atom stereocenters. The van der Waals surface area contributed by atoms with Crippen LogP contribution in [0.2, 0.25) is 0 Å². The topological polar surface area (TPSA) is 29.9 Å². The Balaban J connectivity index is 1.70. The Labute approximate surface area is 98.3 Å². The molecule has 2 rings (SSSR count). The predicted molar refractivity (Wildman–Crippen MR) is 66.4 cm³/mol. The van der Waals surface area contributed by atoms with E-state index in [2.05, 4.69) is 34.9 Å². The van der Waals surface area contributed by atoms with Gasteiger partial charge in [0, 0.05) is 31.4 Å². The molecule has 0 aliphatic heterocycles. The van der Waals surface area contributed by atoms with E-state index in [9.17, 15) is 0 Å². The first-order valence-electron chi connectivity index (χ1n) is 6.53. The SMILES string of the molecule is CCn1ccnc1CC(C)CCNC1CC1. The lowest BCUT2D eigenvalue weighted by Crippen LogP contribution is -2.20. The van der Waals surface area contributed by atoms with Crippen LogP contribution in [0.3, 0.4) is 0 Å². The Morgan fingerprint density at radius 1 is 1.56 bits per heavy atom. The van der Waals surface area contributed by atoms with Gasteiger partial charge in [-0.05, 0) is 38.6 Å². The largest absolute Gasteiger partial charge is 0.335 e. The normalized spacial score (nSPS) is 17.6. The highest BCUT2D eigenvalue weighted by Crippen LogP contribution is 2.19. The van der Waals surface area contributed by atoms with Crippen molar-refractivity contribution >= 4 is 0 Å². The van der Waals surface area contributed by atoms with Gasteiger partial charge in [0.1, 0.15) is 5.82 Å². The van der Waals surface area contributed by atoms with E-state index in [0.717, 1.165) is 24.9 Å². The van der Waals surface area contributed by atoms with Gasteiger partial charge < -0.3 is 9.88 Å². The number of aryl methyl sites for hydroxylation is 1. The predicted octanol–water partition coefficient (Wildman–Crippen LogP) is 2.22. The van der Waals surface area contributed by atoms with Crippen molar-refractivity contribution in [3.8, 4) is 0 Å². The maximum absolute atomic E-state index is 4.43. The molecule has 1 heterocycles. The Hall–Kier alpha value is -0.830. The molecular formula is C13H23N3. The van der Waals surface area contributed by atoms with Crippen LogP contribution in [0.15, 0.2) is 12.4 Å². The van der Waals surface area contributed by atoms with Crippen LogP contribution in [0.1, 0.15) is 38.9 Å². The van der Waals surface area contributed by atoms with E-state index in [4.69, 9.17) is 0 Å². The van der Waals surface area contributed by atoms with Crippen molar-refractivity contribution in [2.45, 2.75) is 52.1 Å². The number of rotatable bonds is 7. The first kappa shape index (κ1) is 11.6. The van der Waals surface area contributed by atoms with Crippen LogP contribution < -0.4 is 5.32 Å². The molecule has 90 valence electrons. The van der Waals surface area contributed by atoms with E-state index in [1.807, 2.05) is 6.20 Å². The average molecular weight is 221 g/mol. The lowest BCUT2D eigenvalue weighted by atomic mass is 10.0. The van der Waals surface area contributed by atoms with Crippen molar-refractivity contribution in [1.82, 2.24) is 14.9 Å². The second-order valence-corrected chi connectivity index (χ2v) is 4.96. The lowest BCUT2D eigenvalue weighted by Gasteiger charge is -2.12. The molecule has 3 heteroatoms. The standard InChI is InChI=1S/C13H23N3/c1-3-16-9-8-15-13(16)10-11(2)6-7-14-12-4-5-12/h8-9,11-12,14H,3-7,10H2,1-2H3. The molecule has 1 aromatic rings. The molecule has 1 N–H and O–H groups in total. The number of imidazole rings is 1. The molecule has 1 fully saturated rings. The number of nitrogens with one attached hydrogen (secondary N) is 1. The van der Waals surface area contributed by atoms with Gasteiger partial charge in [-0.1, -0.05) is 6.92 Å². The Morgan fingerprint density at radius 3 is 3.06 bits per heavy atom. The molecule has 0 saturated heterocycles.